The lowest BCUT2D eigenvalue weighted by molar-refractivity contribution is 0.416. The molecule has 1 atom stereocenters. The zero-order valence-corrected chi connectivity index (χ0v) is 13.6. The van der Waals surface area contributed by atoms with Crippen LogP contribution in [0, 0.1) is 0 Å². The van der Waals surface area contributed by atoms with Gasteiger partial charge in [0.1, 0.15) is 0 Å². The number of aryl methyl sites for hydroxylation is 1. The van der Waals surface area contributed by atoms with Gasteiger partial charge in [-0.1, -0.05) is 19.9 Å². The van der Waals surface area contributed by atoms with Crippen LogP contribution in [0.1, 0.15) is 25.8 Å². The third-order valence-corrected chi connectivity index (χ3v) is 6.93. The number of hydrogen-bond donors (Lipinski definition) is 1. The molecule has 1 aliphatic heterocycles. The molecule has 0 aromatic heterocycles. The number of benzene rings is 1. The first kappa shape index (κ1) is 15.7. The molecule has 0 amide bonds. The van der Waals surface area contributed by atoms with Crippen LogP contribution in [0.5, 0.6) is 0 Å². The van der Waals surface area contributed by atoms with Crippen LogP contribution in [0.4, 0.5) is 5.69 Å². The van der Waals surface area contributed by atoms with Crippen LogP contribution in [0.3, 0.4) is 0 Å². The first-order valence-electron chi connectivity index (χ1n) is 6.99. The van der Waals surface area contributed by atoms with E-state index in [-0.39, 0.29) is 0 Å². The molecule has 1 unspecified atom stereocenters. The van der Waals surface area contributed by atoms with Crippen molar-refractivity contribution in [1.29, 1.82) is 0 Å². The van der Waals surface area contributed by atoms with Crippen LogP contribution in [0.2, 0.25) is 0 Å². The van der Waals surface area contributed by atoms with Gasteiger partial charge in [0.05, 0.1) is 4.90 Å². The zero-order valence-electron chi connectivity index (χ0n) is 12.0. The van der Waals surface area contributed by atoms with Gasteiger partial charge in [-0.3, -0.25) is 0 Å². The second-order valence-electron chi connectivity index (χ2n) is 4.98. The topological polar surface area (TPSA) is 63.4 Å². The van der Waals surface area contributed by atoms with Crippen molar-refractivity contribution in [3.8, 4) is 0 Å². The molecular formula is C14H22N2O2S2. The van der Waals surface area contributed by atoms with Crippen LogP contribution in [-0.2, 0) is 16.4 Å². The number of anilines is 1. The number of hydrogen-bond acceptors (Lipinski definition) is 4. The van der Waals surface area contributed by atoms with E-state index in [9.17, 15) is 8.42 Å². The normalized spacial score (nSPS) is 21.0. The fourth-order valence-corrected chi connectivity index (χ4v) is 5.27. The Bertz CT molecular complexity index is 573. The van der Waals surface area contributed by atoms with Crippen LogP contribution in [0.25, 0.3) is 0 Å². The summed E-state index contributed by atoms with van der Waals surface area (Å²) in [6.45, 7) is 5.28. The lowest BCUT2D eigenvalue weighted by Gasteiger charge is -2.31. The van der Waals surface area contributed by atoms with Gasteiger partial charge in [-0.2, -0.15) is 16.1 Å². The highest BCUT2D eigenvalue weighted by Gasteiger charge is 2.30. The van der Waals surface area contributed by atoms with Gasteiger partial charge in [-0.25, -0.2) is 8.42 Å². The highest BCUT2D eigenvalue weighted by atomic mass is 32.2. The summed E-state index contributed by atoms with van der Waals surface area (Å²) in [5, 5.41) is 0.394. The molecule has 0 aliphatic carbocycles. The van der Waals surface area contributed by atoms with Crippen molar-refractivity contribution in [3.05, 3.63) is 23.8 Å². The van der Waals surface area contributed by atoms with Crippen molar-refractivity contribution in [1.82, 2.24) is 4.31 Å². The van der Waals surface area contributed by atoms with Gasteiger partial charge in [-0.05, 0) is 30.5 Å². The Morgan fingerprint density at radius 1 is 1.40 bits per heavy atom. The maximum Gasteiger partial charge on any atom is 0.243 e. The highest BCUT2D eigenvalue weighted by Crippen LogP contribution is 2.27. The molecule has 0 spiro atoms. The molecule has 20 heavy (non-hydrogen) atoms. The van der Waals surface area contributed by atoms with Crippen molar-refractivity contribution >= 4 is 27.5 Å². The molecule has 1 fully saturated rings. The van der Waals surface area contributed by atoms with Crippen molar-refractivity contribution in [2.24, 2.45) is 0 Å². The predicted molar refractivity (Wildman–Crippen MR) is 85.5 cm³/mol. The maximum absolute atomic E-state index is 12.7. The van der Waals surface area contributed by atoms with Crippen LogP contribution >= 0.6 is 11.8 Å². The third-order valence-electron chi connectivity index (χ3n) is 3.69. The molecule has 1 heterocycles. The van der Waals surface area contributed by atoms with Crippen LogP contribution in [0.15, 0.2) is 23.1 Å². The van der Waals surface area contributed by atoms with Gasteiger partial charge in [0.25, 0.3) is 0 Å². The molecule has 1 aromatic rings. The minimum Gasteiger partial charge on any atom is -0.398 e. The Morgan fingerprint density at radius 2 is 2.15 bits per heavy atom. The molecule has 112 valence electrons. The molecule has 0 saturated carbocycles. The minimum absolute atomic E-state index is 0.314. The molecule has 2 rings (SSSR count). The summed E-state index contributed by atoms with van der Waals surface area (Å²) < 4.78 is 26.9. The average molecular weight is 314 g/mol. The quantitative estimate of drug-likeness (QED) is 0.867. The SMILES string of the molecule is CCc1ccc(S(=O)(=O)N2CCSC(CC)C2)cc1N. The summed E-state index contributed by atoms with van der Waals surface area (Å²) in [7, 11) is -3.41. The number of sulfonamides is 1. The first-order valence-corrected chi connectivity index (χ1v) is 9.48. The Balaban J connectivity index is 2.28. The van der Waals surface area contributed by atoms with Gasteiger partial charge in [0.2, 0.25) is 10.0 Å². The third kappa shape index (κ3) is 3.13. The van der Waals surface area contributed by atoms with Crippen LogP contribution in [-0.4, -0.2) is 36.8 Å². The molecule has 2 N–H and O–H groups in total. The standard InChI is InChI=1S/C14H22N2O2S2/c1-3-11-5-6-13(9-14(11)15)20(17,18)16-7-8-19-12(4-2)10-16/h5-6,9,12H,3-4,7-8,10,15H2,1-2H3. The van der Waals surface area contributed by atoms with Crippen molar-refractivity contribution < 1.29 is 8.42 Å². The fourth-order valence-electron chi connectivity index (χ4n) is 2.36. The van der Waals surface area contributed by atoms with Gasteiger partial charge in [0, 0.05) is 29.8 Å². The van der Waals surface area contributed by atoms with Crippen molar-refractivity contribution in [2.45, 2.75) is 36.8 Å². The van der Waals surface area contributed by atoms with Gasteiger partial charge >= 0.3 is 0 Å². The van der Waals surface area contributed by atoms with E-state index < -0.39 is 10.0 Å². The highest BCUT2D eigenvalue weighted by molar-refractivity contribution is 8.00. The van der Waals surface area contributed by atoms with E-state index in [1.807, 2.05) is 24.8 Å². The van der Waals surface area contributed by atoms with E-state index in [4.69, 9.17) is 5.73 Å². The smallest absolute Gasteiger partial charge is 0.243 e. The molecule has 4 nitrogen and oxygen atoms in total. The molecule has 0 radical (unpaired) electrons. The van der Waals surface area contributed by atoms with Crippen LogP contribution < -0.4 is 5.73 Å². The van der Waals surface area contributed by atoms with E-state index in [0.717, 1.165) is 24.2 Å². The summed E-state index contributed by atoms with van der Waals surface area (Å²) in [5.41, 5.74) is 7.48. The first-order chi connectivity index (χ1) is 9.48. The lowest BCUT2D eigenvalue weighted by atomic mass is 10.1. The van der Waals surface area contributed by atoms with Gasteiger partial charge in [-0.15, -0.1) is 0 Å². The number of nitrogen functional groups attached to an aromatic ring is 1. The lowest BCUT2D eigenvalue weighted by Crippen LogP contribution is -2.41. The molecule has 0 bridgehead atoms. The monoisotopic (exact) mass is 314 g/mol. The van der Waals surface area contributed by atoms with E-state index in [1.54, 1.807) is 16.4 Å². The largest absolute Gasteiger partial charge is 0.398 e. The average Bonchev–Trinajstić information content (AvgIpc) is 2.47. The second-order valence-corrected chi connectivity index (χ2v) is 8.32. The summed E-state index contributed by atoms with van der Waals surface area (Å²) in [5.74, 6) is 0.861. The Morgan fingerprint density at radius 3 is 2.75 bits per heavy atom. The molecule has 1 aliphatic rings. The van der Waals surface area contributed by atoms with E-state index in [0.29, 0.717) is 28.9 Å². The van der Waals surface area contributed by atoms with E-state index in [1.165, 1.54) is 0 Å². The molecular weight excluding hydrogens is 292 g/mol. The van der Waals surface area contributed by atoms with Gasteiger partial charge < -0.3 is 5.73 Å². The number of nitrogens with two attached hydrogens (primary N) is 1. The Kier molecular flexibility index (Phi) is 4.99. The Labute approximate surface area is 125 Å². The summed E-state index contributed by atoms with van der Waals surface area (Å²) in [6.07, 6.45) is 1.80. The second kappa shape index (κ2) is 6.37. The zero-order chi connectivity index (χ0) is 14.8. The molecule has 1 aromatic carbocycles. The Hall–Kier alpha value is -0.720. The van der Waals surface area contributed by atoms with E-state index in [2.05, 4.69) is 6.92 Å². The van der Waals surface area contributed by atoms with Crippen molar-refractivity contribution in [3.63, 3.8) is 0 Å². The number of rotatable bonds is 4. The number of thioether (sulfide) groups is 1. The summed E-state index contributed by atoms with van der Waals surface area (Å²) in [4.78, 5) is 0.314. The van der Waals surface area contributed by atoms with Crippen molar-refractivity contribution in [2.75, 3.05) is 24.6 Å². The molecule has 6 heteroatoms. The maximum atomic E-state index is 12.7. The van der Waals surface area contributed by atoms with Gasteiger partial charge in [0.15, 0.2) is 0 Å². The fraction of sp³-hybridized carbons (Fsp3) is 0.571. The minimum atomic E-state index is -3.41. The predicted octanol–water partition coefficient (Wildman–Crippen LogP) is 2.35. The summed E-state index contributed by atoms with van der Waals surface area (Å²) >= 11 is 1.86. The summed E-state index contributed by atoms with van der Waals surface area (Å²) in [6, 6.07) is 5.09. The number of nitrogens with zero attached hydrogens (tertiary/aromatic N) is 1. The van der Waals surface area contributed by atoms with E-state index >= 15 is 0 Å². The molecule has 1 saturated heterocycles.